The highest BCUT2D eigenvalue weighted by Crippen LogP contribution is 2.28. The van der Waals surface area contributed by atoms with E-state index in [1.807, 2.05) is 29.8 Å². The minimum atomic E-state index is 0.268. The Bertz CT molecular complexity index is 746. The SMILES string of the molecule is Cn1c(-c2cc(CN)ccn2)cc2ccc(O)cc21. The van der Waals surface area contributed by atoms with Crippen molar-refractivity contribution in [2.45, 2.75) is 6.54 Å². The standard InChI is InChI=1S/C15H15N3O/c1-18-14-8-12(19)3-2-11(14)7-15(18)13-6-10(9-16)4-5-17-13/h2-8,19H,9,16H2,1H3. The summed E-state index contributed by atoms with van der Waals surface area (Å²) >= 11 is 0. The second-order valence-electron chi connectivity index (χ2n) is 4.59. The van der Waals surface area contributed by atoms with Crippen molar-refractivity contribution >= 4 is 10.9 Å². The average molecular weight is 253 g/mol. The fourth-order valence-electron chi connectivity index (χ4n) is 2.31. The van der Waals surface area contributed by atoms with E-state index in [0.29, 0.717) is 6.54 Å². The van der Waals surface area contributed by atoms with Gasteiger partial charge in [0.05, 0.1) is 16.9 Å². The van der Waals surface area contributed by atoms with Crippen LogP contribution in [0.3, 0.4) is 0 Å². The molecule has 0 saturated heterocycles. The van der Waals surface area contributed by atoms with Gasteiger partial charge in [0, 0.05) is 31.2 Å². The van der Waals surface area contributed by atoms with Gasteiger partial charge in [-0.2, -0.15) is 0 Å². The largest absolute Gasteiger partial charge is 0.508 e. The molecule has 2 heterocycles. The van der Waals surface area contributed by atoms with Crippen LogP contribution in [-0.4, -0.2) is 14.7 Å². The summed E-state index contributed by atoms with van der Waals surface area (Å²) < 4.78 is 2.03. The topological polar surface area (TPSA) is 64.1 Å². The third-order valence-corrected chi connectivity index (χ3v) is 3.35. The van der Waals surface area contributed by atoms with Crippen LogP contribution in [0, 0.1) is 0 Å². The number of hydrogen-bond acceptors (Lipinski definition) is 3. The molecule has 0 unspecified atom stereocenters. The zero-order valence-corrected chi connectivity index (χ0v) is 10.7. The quantitative estimate of drug-likeness (QED) is 0.737. The normalized spacial score (nSPS) is 11.1. The lowest BCUT2D eigenvalue weighted by Crippen LogP contribution is -1.98. The fourth-order valence-corrected chi connectivity index (χ4v) is 2.31. The van der Waals surface area contributed by atoms with Gasteiger partial charge in [-0.25, -0.2) is 0 Å². The number of phenols is 1. The van der Waals surface area contributed by atoms with E-state index in [1.165, 1.54) is 0 Å². The molecule has 1 aromatic carbocycles. The van der Waals surface area contributed by atoms with Crippen LogP contribution in [0.1, 0.15) is 5.56 Å². The molecule has 3 aromatic rings. The van der Waals surface area contributed by atoms with E-state index in [-0.39, 0.29) is 5.75 Å². The maximum atomic E-state index is 9.57. The van der Waals surface area contributed by atoms with Gasteiger partial charge in [-0.1, -0.05) is 0 Å². The molecule has 0 saturated carbocycles. The van der Waals surface area contributed by atoms with Crippen molar-refractivity contribution in [3.05, 3.63) is 48.2 Å². The van der Waals surface area contributed by atoms with Gasteiger partial charge < -0.3 is 15.4 Å². The number of fused-ring (bicyclic) bond motifs is 1. The van der Waals surface area contributed by atoms with E-state index >= 15 is 0 Å². The Balaban J connectivity index is 2.21. The van der Waals surface area contributed by atoms with E-state index in [9.17, 15) is 5.11 Å². The predicted octanol–water partition coefficient (Wildman–Crippen LogP) is 2.40. The average Bonchev–Trinajstić information content (AvgIpc) is 2.76. The van der Waals surface area contributed by atoms with Crippen molar-refractivity contribution in [3.63, 3.8) is 0 Å². The lowest BCUT2D eigenvalue weighted by Gasteiger charge is -2.05. The first-order valence-corrected chi connectivity index (χ1v) is 6.13. The third-order valence-electron chi connectivity index (χ3n) is 3.35. The summed E-state index contributed by atoms with van der Waals surface area (Å²) in [4.78, 5) is 4.40. The Labute approximate surface area is 111 Å². The first kappa shape index (κ1) is 11.7. The van der Waals surface area contributed by atoms with Crippen LogP contribution in [0.4, 0.5) is 0 Å². The third kappa shape index (κ3) is 1.96. The predicted molar refractivity (Wildman–Crippen MR) is 75.7 cm³/mol. The number of rotatable bonds is 2. The highest BCUT2D eigenvalue weighted by atomic mass is 16.3. The van der Waals surface area contributed by atoms with Crippen molar-refractivity contribution in [2.24, 2.45) is 12.8 Å². The molecule has 0 aliphatic carbocycles. The van der Waals surface area contributed by atoms with Crippen LogP contribution < -0.4 is 5.73 Å². The molecule has 4 nitrogen and oxygen atoms in total. The maximum Gasteiger partial charge on any atom is 0.117 e. The molecule has 0 fully saturated rings. The Morgan fingerprint density at radius 1 is 1.21 bits per heavy atom. The first-order chi connectivity index (χ1) is 9.19. The van der Waals surface area contributed by atoms with E-state index in [4.69, 9.17) is 5.73 Å². The molecule has 19 heavy (non-hydrogen) atoms. The van der Waals surface area contributed by atoms with E-state index < -0.39 is 0 Å². The highest BCUT2D eigenvalue weighted by molar-refractivity contribution is 5.87. The molecule has 96 valence electrons. The van der Waals surface area contributed by atoms with Crippen molar-refractivity contribution in [1.82, 2.24) is 9.55 Å². The number of pyridine rings is 1. The highest BCUT2D eigenvalue weighted by Gasteiger charge is 2.09. The summed E-state index contributed by atoms with van der Waals surface area (Å²) in [6.45, 7) is 0.500. The molecule has 0 amide bonds. The number of aromatic hydroxyl groups is 1. The molecule has 0 aliphatic rings. The summed E-state index contributed by atoms with van der Waals surface area (Å²) in [5.41, 5.74) is 9.60. The molecule has 3 N–H and O–H groups in total. The molecule has 0 bridgehead atoms. The lowest BCUT2D eigenvalue weighted by atomic mass is 10.2. The van der Waals surface area contributed by atoms with Crippen LogP contribution >= 0.6 is 0 Å². The molecule has 3 rings (SSSR count). The van der Waals surface area contributed by atoms with Crippen LogP contribution in [0.5, 0.6) is 5.75 Å². The monoisotopic (exact) mass is 253 g/mol. The van der Waals surface area contributed by atoms with Crippen molar-refractivity contribution in [3.8, 4) is 17.1 Å². The second kappa shape index (κ2) is 4.40. The van der Waals surface area contributed by atoms with Crippen LogP contribution in [0.2, 0.25) is 0 Å². The summed E-state index contributed by atoms with van der Waals surface area (Å²) in [6, 6.07) is 11.3. The summed E-state index contributed by atoms with van der Waals surface area (Å²) in [5.74, 6) is 0.268. The van der Waals surface area contributed by atoms with Gasteiger partial charge in [-0.05, 0) is 35.9 Å². The molecule has 0 aliphatic heterocycles. The molecule has 0 spiro atoms. The van der Waals surface area contributed by atoms with E-state index in [2.05, 4.69) is 11.1 Å². The Morgan fingerprint density at radius 2 is 2.05 bits per heavy atom. The van der Waals surface area contributed by atoms with Crippen LogP contribution in [0.25, 0.3) is 22.3 Å². The van der Waals surface area contributed by atoms with Gasteiger partial charge >= 0.3 is 0 Å². The van der Waals surface area contributed by atoms with Gasteiger partial charge in [-0.15, -0.1) is 0 Å². The Morgan fingerprint density at radius 3 is 2.84 bits per heavy atom. The zero-order valence-electron chi connectivity index (χ0n) is 10.7. The van der Waals surface area contributed by atoms with Crippen molar-refractivity contribution in [1.29, 1.82) is 0 Å². The Kier molecular flexibility index (Phi) is 2.72. The Hall–Kier alpha value is -2.33. The van der Waals surface area contributed by atoms with Gasteiger partial charge in [0.25, 0.3) is 0 Å². The molecule has 4 heteroatoms. The number of aryl methyl sites for hydroxylation is 1. The molecular weight excluding hydrogens is 238 g/mol. The number of phenolic OH excluding ortho intramolecular Hbond substituents is 1. The molecular formula is C15H15N3O. The second-order valence-corrected chi connectivity index (χ2v) is 4.59. The molecule has 2 aromatic heterocycles. The molecule has 0 radical (unpaired) electrons. The van der Waals surface area contributed by atoms with Gasteiger partial charge in [0.1, 0.15) is 5.75 Å². The number of aromatic nitrogens is 2. The number of nitrogens with two attached hydrogens (primary N) is 1. The zero-order chi connectivity index (χ0) is 13.4. The van der Waals surface area contributed by atoms with Gasteiger partial charge in [0.2, 0.25) is 0 Å². The number of nitrogens with zero attached hydrogens (tertiary/aromatic N) is 2. The molecule has 0 atom stereocenters. The number of benzene rings is 1. The van der Waals surface area contributed by atoms with E-state index in [1.54, 1.807) is 18.3 Å². The summed E-state index contributed by atoms with van der Waals surface area (Å²) in [6.07, 6.45) is 1.77. The van der Waals surface area contributed by atoms with Gasteiger partial charge in [0.15, 0.2) is 0 Å². The lowest BCUT2D eigenvalue weighted by molar-refractivity contribution is 0.476. The minimum Gasteiger partial charge on any atom is -0.508 e. The number of hydrogen-bond donors (Lipinski definition) is 2. The maximum absolute atomic E-state index is 9.57. The first-order valence-electron chi connectivity index (χ1n) is 6.13. The van der Waals surface area contributed by atoms with Crippen LogP contribution in [-0.2, 0) is 13.6 Å². The van der Waals surface area contributed by atoms with Crippen molar-refractivity contribution in [2.75, 3.05) is 0 Å². The summed E-state index contributed by atoms with van der Waals surface area (Å²) in [7, 11) is 1.97. The fraction of sp³-hybridized carbons (Fsp3) is 0.133. The minimum absolute atomic E-state index is 0.268. The van der Waals surface area contributed by atoms with Crippen LogP contribution in [0.15, 0.2) is 42.6 Å². The van der Waals surface area contributed by atoms with Crippen molar-refractivity contribution < 1.29 is 5.11 Å². The van der Waals surface area contributed by atoms with E-state index in [0.717, 1.165) is 27.9 Å². The summed E-state index contributed by atoms with van der Waals surface area (Å²) in [5, 5.41) is 10.7. The smallest absolute Gasteiger partial charge is 0.117 e. The van der Waals surface area contributed by atoms with Gasteiger partial charge in [-0.3, -0.25) is 4.98 Å².